The first-order valence-electron chi connectivity index (χ1n) is 7.22. The number of benzene rings is 1. The third-order valence-corrected chi connectivity index (χ3v) is 3.92. The highest BCUT2D eigenvalue weighted by Gasteiger charge is 2.19. The molecule has 1 unspecified atom stereocenters. The maximum absolute atomic E-state index is 4.46. The number of pyridine rings is 1. The smallest absolute Gasteiger partial charge is 0.128 e. The number of fused-ring (bicyclic) bond motifs is 1. The molecule has 1 aromatic heterocycles. The zero-order valence-corrected chi connectivity index (χ0v) is 12.1. The normalized spacial score (nSPS) is 17.4. The van der Waals surface area contributed by atoms with Gasteiger partial charge in [0.1, 0.15) is 5.82 Å². The van der Waals surface area contributed by atoms with Crippen molar-refractivity contribution in [1.82, 2.24) is 4.98 Å². The Bertz CT molecular complexity index is 575. The van der Waals surface area contributed by atoms with E-state index in [-0.39, 0.29) is 0 Å². The molecule has 0 saturated carbocycles. The lowest BCUT2D eigenvalue weighted by molar-refractivity contribution is 0.600. The van der Waals surface area contributed by atoms with Gasteiger partial charge in [0.15, 0.2) is 0 Å². The molecule has 0 amide bonds. The molecule has 104 valence electrons. The fraction of sp³-hybridized carbons (Fsp3) is 0.353. The lowest BCUT2D eigenvalue weighted by Crippen LogP contribution is -2.17. The number of aromatic nitrogens is 1. The van der Waals surface area contributed by atoms with Crippen molar-refractivity contribution in [2.24, 2.45) is 0 Å². The molecule has 2 aromatic rings. The average Bonchev–Trinajstić information content (AvgIpc) is 2.48. The van der Waals surface area contributed by atoms with E-state index in [1.165, 1.54) is 30.4 Å². The van der Waals surface area contributed by atoms with Gasteiger partial charge in [-0.3, -0.25) is 0 Å². The Morgan fingerprint density at radius 2 is 2.00 bits per heavy atom. The molecule has 3 rings (SSSR count). The Hall–Kier alpha value is -2.03. The molecule has 0 aliphatic heterocycles. The van der Waals surface area contributed by atoms with E-state index in [9.17, 15) is 0 Å². The van der Waals surface area contributed by atoms with E-state index in [1.54, 1.807) is 0 Å². The van der Waals surface area contributed by atoms with Gasteiger partial charge in [-0.05, 0) is 42.5 Å². The van der Waals surface area contributed by atoms with Crippen LogP contribution in [-0.4, -0.2) is 19.1 Å². The van der Waals surface area contributed by atoms with Gasteiger partial charge in [-0.25, -0.2) is 4.98 Å². The van der Waals surface area contributed by atoms with Crippen LogP contribution < -0.4 is 10.2 Å². The molecule has 0 fully saturated rings. The molecule has 1 N–H and O–H groups in total. The van der Waals surface area contributed by atoms with Crippen molar-refractivity contribution in [3.8, 4) is 0 Å². The summed E-state index contributed by atoms with van der Waals surface area (Å²) in [6.07, 6.45) is 5.56. The number of hydrogen-bond donors (Lipinski definition) is 1. The highest BCUT2D eigenvalue weighted by atomic mass is 15.1. The van der Waals surface area contributed by atoms with E-state index >= 15 is 0 Å². The minimum Gasteiger partial charge on any atom is -0.377 e. The lowest BCUT2D eigenvalue weighted by Gasteiger charge is -2.27. The first kappa shape index (κ1) is 13.0. The minimum atomic E-state index is 0.409. The van der Waals surface area contributed by atoms with Crippen molar-refractivity contribution in [2.75, 3.05) is 24.3 Å². The minimum absolute atomic E-state index is 0.409. The molecule has 1 aliphatic carbocycles. The second-order valence-corrected chi connectivity index (χ2v) is 5.59. The van der Waals surface area contributed by atoms with Crippen LogP contribution in [0.4, 0.5) is 11.5 Å². The van der Waals surface area contributed by atoms with E-state index in [0.29, 0.717) is 6.04 Å². The van der Waals surface area contributed by atoms with Crippen LogP contribution >= 0.6 is 0 Å². The van der Waals surface area contributed by atoms with Gasteiger partial charge in [-0.15, -0.1) is 0 Å². The largest absolute Gasteiger partial charge is 0.377 e. The number of aryl methyl sites for hydroxylation is 1. The van der Waals surface area contributed by atoms with Crippen molar-refractivity contribution in [1.29, 1.82) is 0 Å². The van der Waals surface area contributed by atoms with E-state index in [2.05, 4.69) is 46.7 Å². The maximum Gasteiger partial charge on any atom is 0.128 e. The van der Waals surface area contributed by atoms with Crippen molar-refractivity contribution in [3.63, 3.8) is 0 Å². The highest BCUT2D eigenvalue weighted by Crippen LogP contribution is 2.32. The highest BCUT2D eigenvalue weighted by molar-refractivity contribution is 5.50. The van der Waals surface area contributed by atoms with Crippen LogP contribution in [0.25, 0.3) is 0 Å². The van der Waals surface area contributed by atoms with E-state index in [4.69, 9.17) is 0 Å². The van der Waals surface area contributed by atoms with Crippen molar-refractivity contribution < 1.29 is 0 Å². The summed E-state index contributed by atoms with van der Waals surface area (Å²) < 4.78 is 0. The van der Waals surface area contributed by atoms with Crippen LogP contribution in [0.5, 0.6) is 0 Å². The predicted octanol–water partition coefficient (Wildman–Crippen LogP) is 3.64. The topological polar surface area (TPSA) is 28.2 Å². The van der Waals surface area contributed by atoms with E-state index in [0.717, 1.165) is 11.5 Å². The molecule has 3 nitrogen and oxygen atoms in total. The second-order valence-electron chi connectivity index (χ2n) is 5.59. The summed E-state index contributed by atoms with van der Waals surface area (Å²) in [5, 5.41) is 3.62. The summed E-state index contributed by atoms with van der Waals surface area (Å²) in [4.78, 5) is 6.48. The molecule has 1 aliphatic rings. The van der Waals surface area contributed by atoms with Crippen LogP contribution in [-0.2, 0) is 6.42 Å². The lowest BCUT2D eigenvalue weighted by atomic mass is 9.87. The molecule has 1 heterocycles. The second kappa shape index (κ2) is 5.53. The number of rotatable bonds is 3. The quantitative estimate of drug-likeness (QED) is 0.920. The van der Waals surface area contributed by atoms with E-state index in [1.807, 2.05) is 25.2 Å². The Balaban J connectivity index is 1.78. The predicted molar refractivity (Wildman–Crippen MR) is 84.3 cm³/mol. The van der Waals surface area contributed by atoms with Crippen molar-refractivity contribution >= 4 is 11.5 Å². The van der Waals surface area contributed by atoms with Gasteiger partial charge >= 0.3 is 0 Å². The molecule has 20 heavy (non-hydrogen) atoms. The Morgan fingerprint density at radius 1 is 1.15 bits per heavy atom. The summed E-state index contributed by atoms with van der Waals surface area (Å²) in [5.41, 5.74) is 4.02. The molecule has 1 atom stereocenters. The van der Waals surface area contributed by atoms with Gasteiger partial charge in [-0.2, -0.15) is 0 Å². The maximum atomic E-state index is 4.46. The molecule has 0 spiro atoms. The summed E-state index contributed by atoms with van der Waals surface area (Å²) in [5.74, 6) is 0.986. The van der Waals surface area contributed by atoms with Crippen LogP contribution in [0.1, 0.15) is 30.0 Å². The van der Waals surface area contributed by atoms with Crippen molar-refractivity contribution in [3.05, 3.63) is 53.7 Å². The molecule has 3 heteroatoms. The third-order valence-electron chi connectivity index (χ3n) is 3.92. The van der Waals surface area contributed by atoms with Gasteiger partial charge < -0.3 is 10.2 Å². The van der Waals surface area contributed by atoms with Gasteiger partial charge in [0.25, 0.3) is 0 Å². The molecular formula is C17H21N3. The zero-order valence-electron chi connectivity index (χ0n) is 12.1. The van der Waals surface area contributed by atoms with Crippen LogP contribution in [0, 0.1) is 0 Å². The standard InChI is InChI=1S/C17H21N3/c1-20(2)17-11-10-14(12-18-17)19-16-9-5-7-13-6-3-4-8-15(13)16/h3-4,6,8,10-12,16,19H,5,7,9H2,1-2H3. The number of anilines is 2. The van der Waals surface area contributed by atoms with Gasteiger partial charge in [0.2, 0.25) is 0 Å². The van der Waals surface area contributed by atoms with Gasteiger partial charge in [0.05, 0.1) is 17.9 Å². The average molecular weight is 267 g/mol. The molecular weight excluding hydrogens is 246 g/mol. The Morgan fingerprint density at radius 3 is 2.75 bits per heavy atom. The fourth-order valence-electron chi connectivity index (χ4n) is 2.84. The third kappa shape index (κ3) is 2.62. The molecule has 1 aromatic carbocycles. The Labute approximate surface area is 120 Å². The first-order chi connectivity index (χ1) is 9.74. The van der Waals surface area contributed by atoms with Gasteiger partial charge in [-0.1, -0.05) is 24.3 Å². The number of hydrogen-bond acceptors (Lipinski definition) is 3. The number of nitrogens with zero attached hydrogens (tertiary/aromatic N) is 2. The van der Waals surface area contributed by atoms with Gasteiger partial charge in [0, 0.05) is 14.1 Å². The number of nitrogens with one attached hydrogen (secondary N) is 1. The van der Waals surface area contributed by atoms with Crippen LogP contribution in [0.2, 0.25) is 0 Å². The summed E-state index contributed by atoms with van der Waals surface area (Å²) >= 11 is 0. The summed E-state index contributed by atoms with van der Waals surface area (Å²) in [7, 11) is 4.01. The van der Waals surface area contributed by atoms with Crippen molar-refractivity contribution in [2.45, 2.75) is 25.3 Å². The summed E-state index contributed by atoms with van der Waals surface area (Å²) in [6, 6.07) is 13.3. The summed E-state index contributed by atoms with van der Waals surface area (Å²) in [6.45, 7) is 0. The monoisotopic (exact) mass is 267 g/mol. The SMILES string of the molecule is CN(C)c1ccc(NC2CCCc3ccccc32)cn1. The molecule has 0 saturated heterocycles. The molecule has 0 bridgehead atoms. The Kier molecular flexibility index (Phi) is 3.59. The van der Waals surface area contributed by atoms with E-state index < -0.39 is 0 Å². The van der Waals surface area contributed by atoms with Crippen LogP contribution in [0.3, 0.4) is 0 Å². The molecule has 0 radical (unpaired) electrons. The van der Waals surface area contributed by atoms with Crippen LogP contribution in [0.15, 0.2) is 42.6 Å². The fourth-order valence-corrected chi connectivity index (χ4v) is 2.84. The first-order valence-corrected chi connectivity index (χ1v) is 7.22. The zero-order chi connectivity index (χ0) is 13.9.